The van der Waals surface area contributed by atoms with Crippen molar-refractivity contribution in [2.45, 2.75) is 25.5 Å². The fourth-order valence-corrected chi connectivity index (χ4v) is 1.53. The molecule has 3 N–H and O–H groups in total. The van der Waals surface area contributed by atoms with Crippen LogP contribution in [0.4, 0.5) is 0 Å². The number of aliphatic carboxylic acids is 1. The molecule has 0 bridgehead atoms. The van der Waals surface area contributed by atoms with Crippen LogP contribution in [0.2, 0.25) is 0 Å². The number of carbonyl (C=O) groups excluding carboxylic acids is 1. The molecule has 1 saturated heterocycles. The lowest BCUT2D eigenvalue weighted by Gasteiger charge is -2.47. The van der Waals surface area contributed by atoms with Crippen LogP contribution in [0, 0.1) is 0 Å². The van der Waals surface area contributed by atoms with Crippen LogP contribution in [-0.4, -0.2) is 53.2 Å². The third kappa shape index (κ3) is 2.90. The second-order valence-corrected chi connectivity index (χ2v) is 4.12. The van der Waals surface area contributed by atoms with Gasteiger partial charge in [-0.15, -0.1) is 0 Å². The van der Waals surface area contributed by atoms with Gasteiger partial charge in [0.1, 0.15) is 12.2 Å². The summed E-state index contributed by atoms with van der Waals surface area (Å²) in [6.07, 6.45) is 0. The number of ether oxygens (including phenoxy) is 1. The largest absolute Gasteiger partial charge is 0.480 e. The molecule has 86 valence electrons. The van der Waals surface area contributed by atoms with Gasteiger partial charge in [0.25, 0.3) is 0 Å². The zero-order valence-electron chi connectivity index (χ0n) is 8.90. The highest BCUT2D eigenvalue weighted by atomic mass is 16.5. The normalized spacial score (nSPS) is 20.6. The summed E-state index contributed by atoms with van der Waals surface area (Å²) in [6, 6.07) is -0.519. The average Bonchev–Trinajstić information content (AvgIpc) is 2.08. The van der Waals surface area contributed by atoms with Gasteiger partial charge in [0.05, 0.1) is 19.1 Å². The third-order valence-electron chi connectivity index (χ3n) is 2.30. The molecule has 1 amide bonds. The van der Waals surface area contributed by atoms with E-state index in [1.54, 1.807) is 18.7 Å². The number of hydrogen-bond donors (Lipinski definition) is 2. The van der Waals surface area contributed by atoms with Gasteiger partial charge in [-0.25, -0.2) is 4.79 Å². The molecule has 0 spiro atoms. The summed E-state index contributed by atoms with van der Waals surface area (Å²) >= 11 is 0. The van der Waals surface area contributed by atoms with Crippen LogP contribution in [0.3, 0.4) is 0 Å². The van der Waals surface area contributed by atoms with Crippen molar-refractivity contribution >= 4 is 11.9 Å². The van der Waals surface area contributed by atoms with Gasteiger partial charge in [0, 0.05) is 0 Å². The molecule has 1 atom stereocenters. The number of carboxylic acids is 1. The fourth-order valence-electron chi connectivity index (χ4n) is 1.53. The molecule has 1 fully saturated rings. The summed E-state index contributed by atoms with van der Waals surface area (Å²) in [5.74, 6) is -1.14. The van der Waals surface area contributed by atoms with E-state index in [9.17, 15) is 9.59 Å². The number of hydrogen-bond acceptors (Lipinski definition) is 4. The first-order valence-corrected chi connectivity index (χ1v) is 4.74. The van der Waals surface area contributed by atoms with E-state index in [-0.39, 0.29) is 12.5 Å². The lowest BCUT2D eigenvalue weighted by Crippen LogP contribution is -2.65. The van der Waals surface area contributed by atoms with E-state index < -0.39 is 17.6 Å². The second-order valence-electron chi connectivity index (χ2n) is 4.12. The van der Waals surface area contributed by atoms with Crippen molar-refractivity contribution in [3.05, 3.63) is 0 Å². The molecule has 0 saturated carbocycles. The Kier molecular flexibility index (Phi) is 3.31. The second kappa shape index (κ2) is 4.16. The maximum Gasteiger partial charge on any atom is 0.329 e. The van der Waals surface area contributed by atoms with Gasteiger partial charge in [-0.1, -0.05) is 0 Å². The van der Waals surface area contributed by atoms with Crippen LogP contribution in [0.5, 0.6) is 0 Å². The topological polar surface area (TPSA) is 92.9 Å². The predicted octanol–water partition coefficient (Wildman–Crippen LogP) is -0.964. The van der Waals surface area contributed by atoms with Crippen molar-refractivity contribution < 1.29 is 19.4 Å². The average molecular weight is 216 g/mol. The number of rotatable bonds is 4. The molecular weight excluding hydrogens is 200 g/mol. The van der Waals surface area contributed by atoms with Gasteiger partial charge in [-0.2, -0.15) is 0 Å². The van der Waals surface area contributed by atoms with Crippen molar-refractivity contribution in [2.24, 2.45) is 5.73 Å². The molecule has 0 unspecified atom stereocenters. The van der Waals surface area contributed by atoms with E-state index >= 15 is 0 Å². The molecule has 0 aromatic heterocycles. The maximum atomic E-state index is 11.4. The molecule has 6 heteroatoms. The first-order chi connectivity index (χ1) is 6.84. The minimum Gasteiger partial charge on any atom is -0.480 e. The third-order valence-corrected chi connectivity index (χ3v) is 2.30. The van der Waals surface area contributed by atoms with Crippen LogP contribution in [0.15, 0.2) is 0 Å². The minimum absolute atomic E-state index is 0.133. The first-order valence-electron chi connectivity index (χ1n) is 4.74. The van der Waals surface area contributed by atoms with Crippen molar-refractivity contribution in [3.63, 3.8) is 0 Å². The Morgan fingerprint density at radius 1 is 1.60 bits per heavy atom. The first kappa shape index (κ1) is 11.9. The number of nitrogens with two attached hydrogens (primary N) is 1. The zero-order chi connectivity index (χ0) is 11.6. The molecule has 0 radical (unpaired) electrons. The number of nitrogens with zero attached hydrogens (tertiary/aromatic N) is 1. The highest BCUT2D eigenvalue weighted by molar-refractivity contribution is 5.82. The Labute approximate surface area is 88.0 Å². The molecule has 6 nitrogen and oxygen atoms in total. The maximum absolute atomic E-state index is 11.4. The predicted molar refractivity (Wildman–Crippen MR) is 52.2 cm³/mol. The van der Waals surface area contributed by atoms with Gasteiger partial charge in [-0.3, -0.25) is 4.79 Å². The monoisotopic (exact) mass is 216 g/mol. The highest BCUT2D eigenvalue weighted by Crippen LogP contribution is 2.24. The SMILES string of the molecule is C[C@H](N)C(=O)N1CC(C)(OCC(=O)O)C1. The molecule has 1 aliphatic heterocycles. The van der Waals surface area contributed by atoms with Gasteiger partial charge in [-0.05, 0) is 13.8 Å². The van der Waals surface area contributed by atoms with Crippen LogP contribution in [0.25, 0.3) is 0 Å². The standard InChI is InChI=1S/C9H16N2O4/c1-6(10)8(14)11-4-9(2,5-11)15-3-7(12)13/h6H,3-5,10H2,1-2H3,(H,12,13)/t6-/m0/s1. The Hall–Kier alpha value is -1.14. The van der Waals surface area contributed by atoms with E-state index in [4.69, 9.17) is 15.6 Å². The summed E-state index contributed by atoms with van der Waals surface area (Å²) in [4.78, 5) is 23.2. The van der Waals surface area contributed by atoms with Gasteiger partial charge >= 0.3 is 5.97 Å². The zero-order valence-corrected chi connectivity index (χ0v) is 8.90. The highest BCUT2D eigenvalue weighted by Gasteiger charge is 2.43. The van der Waals surface area contributed by atoms with Crippen molar-refractivity contribution in [2.75, 3.05) is 19.7 Å². The summed E-state index contributed by atoms with van der Waals surface area (Å²) in [6.45, 7) is 3.87. The van der Waals surface area contributed by atoms with Crippen molar-refractivity contribution in [3.8, 4) is 0 Å². The van der Waals surface area contributed by atoms with E-state index in [0.29, 0.717) is 13.1 Å². The van der Waals surface area contributed by atoms with Crippen molar-refractivity contribution in [1.82, 2.24) is 4.90 Å². The van der Waals surface area contributed by atoms with Gasteiger partial charge in [0.15, 0.2) is 0 Å². The molecular formula is C9H16N2O4. The number of likely N-dealkylation sites (tertiary alicyclic amines) is 1. The Morgan fingerprint density at radius 2 is 2.13 bits per heavy atom. The van der Waals surface area contributed by atoms with E-state index in [2.05, 4.69) is 0 Å². The smallest absolute Gasteiger partial charge is 0.329 e. The fraction of sp³-hybridized carbons (Fsp3) is 0.778. The van der Waals surface area contributed by atoms with Crippen molar-refractivity contribution in [1.29, 1.82) is 0 Å². The van der Waals surface area contributed by atoms with Gasteiger partial charge in [0.2, 0.25) is 5.91 Å². The minimum atomic E-state index is -1.01. The summed E-state index contributed by atoms with van der Waals surface area (Å²) < 4.78 is 5.15. The van der Waals surface area contributed by atoms with Crippen LogP contribution < -0.4 is 5.73 Å². The van der Waals surface area contributed by atoms with Gasteiger partial charge < -0.3 is 20.5 Å². The van der Waals surface area contributed by atoms with Crippen LogP contribution in [-0.2, 0) is 14.3 Å². The van der Waals surface area contributed by atoms with E-state index in [1.807, 2.05) is 0 Å². The van der Waals surface area contributed by atoms with Crippen LogP contribution in [0.1, 0.15) is 13.8 Å². The molecule has 0 aromatic rings. The lowest BCUT2D eigenvalue weighted by molar-refractivity contribution is -0.173. The summed E-state index contributed by atoms with van der Waals surface area (Å²) in [7, 11) is 0. The van der Waals surface area contributed by atoms with E-state index in [0.717, 1.165) is 0 Å². The molecule has 0 aliphatic carbocycles. The summed E-state index contributed by atoms with van der Waals surface area (Å²) in [5, 5.41) is 8.43. The molecule has 1 rings (SSSR count). The number of carbonyl (C=O) groups is 2. The van der Waals surface area contributed by atoms with Crippen LogP contribution >= 0.6 is 0 Å². The Morgan fingerprint density at radius 3 is 2.53 bits per heavy atom. The number of carboxylic acid groups (broad SMARTS) is 1. The Balaban J connectivity index is 2.34. The summed E-state index contributed by atoms with van der Waals surface area (Å²) in [5.41, 5.74) is 4.89. The molecule has 15 heavy (non-hydrogen) atoms. The Bertz CT molecular complexity index is 271. The molecule has 1 aliphatic rings. The number of amides is 1. The quantitative estimate of drug-likeness (QED) is 0.631. The molecule has 0 aromatic carbocycles. The van der Waals surface area contributed by atoms with E-state index in [1.165, 1.54) is 0 Å². The molecule has 1 heterocycles. The lowest BCUT2D eigenvalue weighted by atomic mass is 9.95.